The third kappa shape index (κ3) is 5.18. The first kappa shape index (κ1) is 15.3. The topological polar surface area (TPSA) is 71.1 Å². The van der Waals surface area contributed by atoms with Gasteiger partial charge in [0.25, 0.3) is 0 Å². The van der Waals surface area contributed by atoms with E-state index in [0.29, 0.717) is 25.6 Å². The molecular weight excluding hydrogens is 242 g/mol. The zero-order chi connectivity index (χ0) is 14.1. The van der Waals surface area contributed by atoms with Crippen LogP contribution in [0.15, 0.2) is 35.5 Å². The maximum absolute atomic E-state index is 8.62. The van der Waals surface area contributed by atoms with E-state index in [4.69, 9.17) is 15.7 Å². The molecule has 1 atom stereocenters. The molecule has 0 saturated carbocycles. The third-order valence-corrected chi connectivity index (χ3v) is 3.10. The fourth-order valence-corrected chi connectivity index (χ4v) is 1.95. The van der Waals surface area contributed by atoms with Gasteiger partial charge in [-0.2, -0.15) is 0 Å². The van der Waals surface area contributed by atoms with Crippen LogP contribution >= 0.6 is 0 Å². The van der Waals surface area contributed by atoms with Crippen LogP contribution in [0.3, 0.4) is 0 Å². The molecule has 0 saturated heterocycles. The Kier molecular flexibility index (Phi) is 6.74. The molecule has 1 aromatic rings. The van der Waals surface area contributed by atoms with Crippen molar-refractivity contribution in [3.05, 3.63) is 30.3 Å². The number of hydrogen-bond donors (Lipinski definition) is 2. The van der Waals surface area contributed by atoms with Crippen molar-refractivity contribution in [1.29, 1.82) is 0 Å². The van der Waals surface area contributed by atoms with E-state index < -0.39 is 0 Å². The number of rotatable bonds is 8. The van der Waals surface area contributed by atoms with Crippen LogP contribution in [0.25, 0.3) is 0 Å². The van der Waals surface area contributed by atoms with E-state index in [1.807, 2.05) is 18.2 Å². The van der Waals surface area contributed by atoms with Crippen LogP contribution < -0.4 is 10.6 Å². The van der Waals surface area contributed by atoms with E-state index in [1.54, 1.807) is 7.11 Å². The van der Waals surface area contributed by atoms with Gasteiger partial charge in [0, 0.05) is 38.4 Å². The smallest absolute Gasteiger partial charge is 0.140 e. The quantitative estimate of drug-likeness (QED) is 0.327. The molecule has 1 rings (SSSR count). The summed E-state index contributed by atoms with van der Waals surface area (Å²) < 4.78 is 5.13. The highest BCUT2D eigenvalue weighted by molar-refractivity contribution is 5.80. The molecule has 0 aromatic heterocycles. The van der Waals surface area contributed by atoms with Crippen LogP contribution in [0.5, 0.6) is 0 Å². The molecule has 0 aliphatic rings. The van der Waals surface area contributed by atoms with Gasteiger partial charge in [-0.05, 0) is 25.5 Å². The highest BCUT2D eigenvalue weighted by atomic mass is 16.5. The molecule has 0 heterocycles. The first-order valence-electron chi connectivity index (χ1n) is 6.46. The summed E-state index contributed by atoms with van der Waals surface area (Å²) >= 11 is 0. The molecule has 5 nitrogen and oxygen atoms in total. The van der Waals surface area contributed by atoms with Gasteiger partial charge in [0.15, 0.2) is 0 Å². The zero-order valence-corrected chi connectivity index (χ0v) is 11.6. The molecule has 0 amide bonds. The van der Waals surface area contributed by atoms with Crippen LogP contribution in [0.2, 0.25) is 0 Å². The monoisotopic (exact) mass is 265 g/mol. The summed E-state index contributed by atoms with van der Waals surface area (Å²) in [4.78, 5) is 2.25. The van der Waals surface area contributed by atoms with E-state index in [-0.39, 0.29) is 5.84 Å². The lowest BCUT2D eigenvalue weighted by Crippen LogP contribution is -2.36. The molecule has 1 aromatic carbocycles. The second-order valence-electron chi connectivity index (χ2n) is 4.50. The van der Waals surface area contributed by atoms with E-state index in [1.165, 1.54) is 0 Å². The third-order valence-electron chi connectivity index (χ3n) is 3.10. The van der Waals surface area contributed by atoms with Crippen molar-refractivity contribution in [1.82, 2.24) is 0 Å². The van der Waals surface area contributed by atoms with Gasteiger partial charge < -0.3 is 20.6 Å². The van der Waals surface area contributed by atoms with Crippen molar-refractivity contribution >= 4 is 11.5 Å². The van der Waals surface area contributed by atoms with Crippen LogP contribution in [0, 0.1) is 0 Å². The molecular formula is C14H23N3O2. The molecule has 0 spiro atoms. The lowest BCUT2D eigenvalue weighted by Gasteiger charge is -2.31. The van der Waals surface area contributed by atoms with Crippen molar-refractivity contribution < 1.29 is 9.94 Å². The minimum Gasteiger partial charge on any atom is -0.409 e. The average Bonchev–Trinajstić information content (AvgIpc) is 2.46. The highest BCUT2D eigenvalue weighted by Gasteiger charge is 2.14. The van der Waals surface area contributed by atoms with Gasteiger partial charge in [-0.25, -0.2) is 0 Å². The Morgan fingerprint density at radius 1 is 1.42 bits per heavy atom. The van der Waals surface area contributed by atoms with Gasteiger partial charge in [-0.1, -0.05) is 23.4 Å². The Morgan fingerprint density at radius 2 is 2.11 bits per heavy atom. The minimum atomic E-state index is 0.250. The van der Waals surface area contributed by atoms with Crippen molar-refractivity contribution in [2.24, 2.45) is 10.9 Å². The first-order chi connectivity index (χ1) is 9.19. The SMILES string of the molecule is COCCC(C)N(CC/C(N)=N/O)c1ccccc1. The maximum Gasteiger partial charge on any atom is 0.140 e. The van der Waals surface area contributed by atoms with Crippen molar-refractivity contribution in [2.75, 3.05) is 25.2 Å². The standard InChI is InChI=1S/C14H23N3O2/c1-12(9-11-19-2)17(10-8-14(15)16-18)13-6-4-3-5-7-13/h3-7,12,18H,8-11H2,1-2H3,(H2,15,16). The molecule has 0 aliphatic heterocycles. The van der Waals surface area contributed by atoms with Gasteiger partial charge in [-0.3, -0.25) is 0 Å². The molecule has 19 heavy (non-hydrogen) atoms. The lowest BCUT2D eigenvalue weighted by molar-refractivity contribution is 0.188. The van der Waals surface area contributed by atoms with E-state index >= 15 is 0 Å². The summed E-state index contributed by atoms with van der Waals surface area (Å²) in [5.41, 5.74) is 6.68. The molecule has 3 N–H and O–H groups in total. The predicted molar refractivity (Wildman–Crippen MR) is 77.8 cm³/mol. The van der Waals surface area contributed by atoms with Gasteiger partial charge in [0.2, 0.25) is 0 Å². The van der Waals surface area contributed by atoms with Crippen molar-refractivity contribution in [3.8, 4) is 0 Å². The first-order valence-corrected chi connectivity index (χ1v) is 6.46. The Bertz CT molecular complexity index is 382. The molecule has 106 valence electrons. The number of amidine groups is 1. The minimum absolute atomic E-state index is 0.250. The van der Waals surface area contributed by atoms with Crippen LogP contribution in [-0.4, -0.2) is 37.3 Å². The second kappa shape index (κ2) is 8.37. The maximum atomic E-state index is 8.62. The van der Waals surface area contributed by atoms with Gasteiger partial charge in [0.1, 0.15) is 5.84 Å². The fraction of sp³-hybridized carbons (Fsp3) is 0.500. The number of benzene rings is 1. The van der Waals surface area contributed by atoms with E-state index in [0.717, 1.165) is 12.1 Å². The lowest BCUT2D eigenvalue weighted by atomic mass is 10.1. The number of anilines is 1. The molecule has 0 aliphatic carbocycles. The van der Waals surface area contributed by atoms with Gasteiger partial charge in [-0.15, -0.1) is 0 Å². The van der Waals surface area contributed by atoms with Crippen LogP contribution in [0.1, 0.15) is 19.8 Å². The number of nitrogens with two attached hydrogens (primary N) is 1. The Balaban J connectivity index is 2.73. The summed E-state index contributed by atoms with van der Waals surface area (Å²) in [6, 6.07) is 10.5. The number of para-hydroxylation sites is 1. The van der Waals surface area contributed by atoms with Crippen LogP contribution in [-0.2, 0) is 4.74 Å². The molecule has 0 bridgehead atoms. The molecule has 1 unspecified atom stereocenters. The second-order valence-corrected chi connectivity index (χ2v) is 4.50. The number of ether oxygens (including phenoxy) is 1. The normalized spacial score (nSPS) is 13.3. The van der Waals surface area contributed by atoms with Crippen LogP contribution in [0.4, 0.5) is 5.69 Å². The summed E-state index contributed by atoms with van der Waals surface area (Å²) in [7, 11) is 1.70. The summed E-state index contributed by atoms with van der Waals surface area (Å²) in [5, 5.41) is 11.6. The Hall–Kier alpha value is -1.75. The summed E-state index contributed by atoms with van der Waals surface area (Å²) in [6.45, 7) is 3.58. The van der Waals surface area contributed by atoms with E-state index in [9.17, 15) is 0 Å². The number of oxime groups is 1. The van der Waals surface area contributed by atoms with Crippen molar-refractivity contribution in [3.63, 3.8) is 0 Å². The number of hydrogen-bond acceptors (Lipinski definition) is 4. The fourth-order valence-electron chi connectivity index (χ4n) is 1.95. The zero-order valence-electron chi connectivity index (χ0n) is 11.6. The Morgan fingerprint density at radius 3 is 2.68 bits per heavy atom. The largest absolute Gasteiger partial charge is 0.409 e. The summed E-state index contributed by atoms with van der Waals surface area (Å²) in [6.07, 6.45) is 1.46. The van der Waals surface area contributed by atoms with Gasteiger partial charge >= 0.3 is 0 Å². The molecule has 5 heteroatoms. The number of methoxy groups -OCH3 is 1. The summed E-state index contributed by atoms with van der Waals surface area (Å²) in [5.74, 6) is 0.250. The van der Waals surface area contributed by atoms with Crippen molar-refractivity contribution in [2.45, 2.75) is 25.8 Å². The molecule has 0 radical (unpaired) electrons. The number of nitrogens with zero attached hydrogens (tertiary/aromatic N) is 2. The predicted octanol–water partition coefficient (Wildman–Crippen LogP) is 2.05. The molecule has 0 fully saturated rings. The highest BCUT2D eigenvalue weighted by Crippen LogP contribution is 2.18. The average molecular weight is 265 g/mol. The van der Waals surface area contributed by atoms with E-state index in [2.05, 4.69) is 29.1 Å². The Labute approximate surface area is 114 Å². The van der Waals surface area contributed by atoms with Gasteiger partial charge in [0.05, 0.1) is 0 Å².